The molecule has 0 rings (SSSR count). The van der Waals surface area contributed by atoms with E-state index in [9.17, 15) is 14.4 Å². The molecule has 0 radical (unpaired) electrons. The third-order valence-corrected chi connectivity index (χ3v) is 15.7. The van der Waals surface area contributed by atoms with Crippen molar-refractivity contribution >= 4 is 17.9 Å². The average Bonchev–Trinajstić information content (AvgIpc) is 3.42. The van der Waals surface area contributed by atoms with E-state index >= 15 is 0 Å². The molecule has 1 unspecified atom stereocenters. The van der Waals surface area contributed by atoms with Gasteiger partial charge in [-0.1, -0.05) is 321 Å². The molecule has 76 heavy (non-hydrogen) atoms. The molecule has 0 N–H and O–H groups in total. The van der Waals surface area contributed by atoms with Crippen molar-refractivity contribution in [2.45, 2.75) is 393 Å². The summed E-state index contributed by atoms with van der Waals surface area (Å²) in [6, 6.07) is 0. The summed E-state index contributed by atoms with van der Waals surface area (Å²) in [4.78, 5) is 38.3. The van der Waals surface area contributed by atoms with E-state index in [1.54, 1.807) is 0 Å². The summed E-state index contributed by atoms with van der Waals surface area (Å²) >= 11 is 0. The molecule has 6 nitrogen and oxygen atoms in total. The molecule has 6 heteroatoms. The summed E-state index contributed by atoms with van der Waals surface area (Å²) in [7, 11) is 0. The highest BCUT2D eigenvalue weighted by Crippen LogP contribution is 2.18. The lowest BCUT2D eigenvalue weighted by Crippen LogP contribution is -2.30. The molecule has 0 heterocycles. The summed E-state index contributed by atoms with van der Waals surface area (Å²) < 4.78 is 16.9. The van der Waals surface area contributed by atoms with Crippen molar-refractivity contribution in [3.8, 4) is 0 Å². The van der Waals surface area contributed by atoms with Gasteiger partial charge in [0.2, 0.25) is 0 Å². The van der Waals surface area contributed by atoms with Gasteiger partial charge in [-0.15, -0.1) is 0 Å². The lowest BCUT2D eigenvalue weighted by molar-refractivity contribution is -0.167. The van der Waals surface area contributed by atoms with Gasteiger partial charge in [0.05, 0.1) is 0 Å². The minimum Gasteiger partial charge on any atom is -0.462 e. The van der Waals surface area contributed by atoms with E-state index in [-0.39, 0.29) is 31.1 Å². The van der Waals surface area contributed by atoms with Crippen LogP contribution in [0.2, 0.25) is 0 Å². The van der Waals surface area contributed by atoms with Crippen LogP contribution in [-0.4, -0.2) is 37.2 Å². The topological polar surface area (TPSA) is 78.9 Å². The van der Waals surface area contributed by atoms with E-state index in [1.807, 2.05) is 0 Å². The van der Waals surface area contributed by atoms with Gasteiger partial charge in [0, 0.05) is 19.3 Å². The first-order valence-corrected chi connectivity index (χ1v) is 34.3. The van der Waals surface area contributed by atoms with Crippen LogP contribution in [0.15, 0.2) is 24.3 Å². The molecule has 0 saturated heterocycles. The first-order valence-electron chi connectivity index (χ1n) is 34.3. The second-order valence-corrected chi connectivity index (χ2v) is 23.4. The molecule has 0 spiro atoms. The Morgan fingerprint density at radius 3 is 0.684 bits per heavy atom. The number of allylic oxidation sites excluding steroid dienone is 4. The molecule has 0 amide bonds. The van der Waals surface area contributed by atoms with Crippen LogP contribution in [0.1, 0.15) is 387 Å². The minimum absolute atomic E-state index is 0.0707. The van der Waals surface area contributed by atoms with Gasteiger partial charge in [-0.2, -0.15) is 0 Å². The highest BCUT2D eigenvalue weighted by Gasteiger charge is 2.19. The summed E-state index contributed by atoms with van der Waals surface area (Å²) in [6.07, 6.45) is 79.3. The SMILES string of the molecule is CCCCC/C=C\CCCCCCCC(=O)OCC(COC(=O)CCCCCCCCCCCCCCCCCCCCCCCCCCCCCCC)OC(=O)CCCCCCCCC/C=C\CCCCCCCC. The summed E-state index contributed by atoms with van der Waals surface area (Å²) in [5.74, 6) is -0.859. The second-order valence-electron chi connectivity index (χ2n) is 23.4. The van der Waals surface area contributed by atoms with Gasteiger partial charge in [-0.25, -0.2) is 0 Å². The molecule has 0 saturated carbocycles. The summed E-state index contributed by atoms with van der Waals surface area (Å²) in [5.41, 5.74) is 0. The Hall–Kier alpha value is -2.11. The van der Waals surface area contributed by atoms with Gasteiger partial charge in [0.15, 0.2) is 6.10 Å². The quantitative estimate of drug-likeness (QED) is 0.0261. The number of carbonyl (C=O) groups is 3. The van der Waals surface area contributed by atoms with Gasteiger partial charge < -0.3 is 14.2 Å². The first kappa shape index (κ1) is 73.9. The van der Waals surface area contributed by atoms with Crippen LogP contribution in [0.5, 0.6) is 0 Å². The zero-order chi connectivity index (χ0) is 55.0. The number of esters is 3. The molecule has 0 aliphatic carbocycles. The number of rotatable bonds is 64. The zero-order valence-corrected chi connectivity index (χ0v) is 51.6. The van der Waals surface area contributed by atoms with Crippen LogP contribution in [0.25, 0.3) is 0 Å². The highest BCUT2D eigenvalue weighted by molar-refractivity contribution is 5.71. The zero-order valence-electron chi connectivity index (χ0n) is 51.6. The molecule has 448 valence electrons. The Labute approximate surface area is 474 Å². The largest absolute Gasteiger partial charge is 0.462 e. The normalized spacial score (nSPS) is 12.1. The predicted molar refractivity (Wildman–Crippen MR) is 330 cm³/mol. The number of unbranched alkanes of at least 4 members (excludes halogenated alkanes) is 49. The number of hydrogen-bond acceptors (Lipinski definition) is 6. The van der Waals surface area contributed by atoms with Gasteiger partial charge in [-0.3, -0.25) is 14.4 Å². The average molecular weight is 1070 g/mol. The smallest absolute Gasteiger partial charge is 0.306 e. The monoisotopic (exact) mass is 1070 g/mol. The van der Waals surface area contributed by atoms with Crippen molar-refractivity contribution in [1.29, 1.82) is 0 Å². The van der Waals surface area contributed by atoms with Crippen molar-refractivity contribution in [2.24, 2.45) is 0 Å². The molecule has 0 fully saturated rings. The van der Waals surface area contributed by atoms with E-state index in [0.29, 0.717) is 19.3 Å². The number of carbonyl (C=O) groups excluding carboxylic acids is 3. The minimum atomic E-state index is -0.774. The van der Waals surface area contributed by atoms with Crippen LogP contribution in [0.4, 0.5) is 0 Å². The van der Waals surface area contributed by atoms with E-state index in [4.69, 9.17) is 14.2 Å². The van der Waals surface area contributed by atoms with Gasteiger partial charge in [0.25, 0.3) is 0 Å². The molecular formula is C70H132O6. The lowest BCUT2D eigenvalue weighted by Gasteiger charge is -2.18. The molecule has 0 bridgehead atoms. The van der Waals surface area contributed by atoms with Crippen LogP contribution in [-0.2, 0) is 28.6 Å². The fraction of sp³-hybridized carbons (Fsp3) is 0.900. The van der Waals surface area contributed by atoms with Crippen molar-refractivity contribution < 1.29 is 28.6 Å². The Morgan fingerprint density at radius 2 is 0.434 bits per heavy atom. The molecule has 0 aromatic carbocycles. The third kappa shape index (κ3) is 62.7. The van der Waals surface area contributed by atoms with Crippen molar-refractivity contribution in [1.82, 2.24) is 0 Å². The Kier molecular flexibility index (Phi) is 63.6. The second kappa shape index (κ2) is 65.4. The summed E-state index contributed by atoms with van der Waals surface area (Å²) in [6.45, 7) is 6.67. The van der Waals surface area contributed by atoms with Crippen LogP contribution in [0, 0.1) is 0 Å². The lowest BCUT2D eigenvalue weighted by atomic mass is 10.0. The Bertz CT molecular complexity index is 1230. The van der Waals surface area contributed by atoms with Gasteiger partial charge >= 0.3 is 17.9 Å². The predicted octanol–water partition coefficient (Wildman–Crippen LogP) is 23.4. The Balaban J connectivity index is 4.13. The number of hydrogen-bond donors (Lipinski definition) is 0. The van der Waals surface area contributed by atoms with Crippen molar-refractivity contribution in [3.63, 3.8) is 0 Å². The van der Waals surface area contributed by atoms with E-state index in [2.05, 4.69) is 45.1 Å². The molecule has 0 aromatic rings. The Morgan fingerprint density at radius 1 is 0.250 bits per heavy atom. The maximum absolute atomic E-state index is 12.9. The fourth-order valence-electron chi connectivity index (χ4n) is 10.5. The van der Waals surface area contributed by atoms with E-state index in [0.717, 1.165) is 64.2 Å². The maximum atomic E-state index is 12.9. The third-order valence-electron chi connectivity index (χ3n) is 15.7. The van der Waals surface area contributed by atoms with E-state index in [1.165, 1.54) is 283 Å². The van der Waals surface area contributed by atoms with E-state index < -0.39 is 6.10 Å². The maximum Gasteiger partial charge on any atom is 0.306 e. The molecule has 1 atom stereocenters. The van der Waals surface area contributed by atoms with Gasteiger partial charge in [0.1, 0.15) is 13.2 Å². The standard InChI is InChI=1S/C70H132O6/c1-4-7-10-13-16-19-22-25-27-29-30-31-32-33-34-35-36-37-38-39-40-42-43-45-48-51-54-57-60-63-69(72)75-66-67(65-74-68(71)62-59-56-53-50-47-24-21-18-15-12-9-6-3)76-70(73)64-61-58-55-52-49-46-44-41-28-26-23-20-17-14-11-8-5-2/h18,21,26,28,67H,4-17,19-20,22-25,27,29-66H2,1-3H3/b21-18-,28-26-. The van der Waals surface area contributed by atoms with Crippen molar-refractivity contribution in [3.05, 3.63) is 24.3 Å². The van der Waals surface area contributed by atoms with Crippen LogP contribution in [0.3, 0.4) is 0 Å². The fourth-order valence-corrected chi connectivity index (χ4v) is 10.5. The first-order chi connectivity index (χ1) is 37.5. The number of ether oxygens (including phenoxy) is 3. The molecular weight excluding hydrogens is 937 g/mol. The van der Waals surface area contributed by atoms with Crippen LogP contribution >= 0.6 is 0 Å². The molecule has 0 aliphatic heterocycles. The van der Waals surface area contributed by atoms with Gasteiger partial charge in [-0.05, 0) is 70.6 Å². The molecule has 0 aliphatic rings. The van der Waals surface area contributed by atoms with Crippen LogP contribution < -0.4 is 0 Å². The highest BCUT2D eigenvalue weighted by atomic mass is 16.6. The van der Waals surface area contributed by atoms with Crippen molar-refractivity contribution in [2.75, 3.05) is 13.2 Å². The summed E-state index contributed by atoms with van der Waals surface area (Å²) in [5, 5.41) is 0. The molecule has 0 aromatic heterocycles.